The Balaban J connectivity index is 2.32. The molecule has 4 nitrogen and oxygen atoms in total. The predicted octanol–water partition coefficient (Wildman–Crippen LogP) is 1.35. The number of rotatable bonds is 3. The molecule has 2 N–H and O–H groups in total. The minimum atomic E-state index is 0.222. The quantitative estimate of drug-likeness (QED) is 0.817. The van der Waals surface area contributed by atoms with Crippen LogP contribution in [0.5, 0.6) is 0 Å². The largest absolute Gasteiger partial charge is 0.326 e. The lowest BCUT2D eigenvalue weighted by molar-refractivity contribution is 0.607. The monoisotopic (exact) mass is 202 g/mol. The molecule has 1 atom stereocenters. The standard InChI is InChI=1S/C11H14N4/c1-9(10-3-2-4-13-6-10)15-8-14-7-11(15)5-12/h2-4,6-9H,5,12H2,1H3. The second-order valence-electron chi connectivity index (χ2n) is 3.46. The molecule has 0 bridgehead atoms. The molecule has 0 aliphatic rings. The maximum atomic E-state index is 5.63. The molecule has 2 aromatic rings. The highest BCUT2D eigenvalue weighted by molar-refractivity contribution is 5.16. The Bertz CT molecular complexity index is 421. The molecule has 0 amide bonds. The summed E-state index contributed by atoms with van der Waals surface area (Å²) in [5.41, 5.74) is 7.83. The third-order valence-electron chi connectivity index (χ3n) is 2.54. The van der Waals surface area contributed by atoms with Crippen molar-refractivity contribution in [2.45, 2.75) is 19.5 Å². The van der Waals surface area contributed by atoms with Crippen molar-refractivity contribution in [2.75, 3.05) is 0 Å². The summed E-state index contributed by atoms with van der Waals surface area (Å²) in [7, 11) is 0. The van der Waals surface area contributed by atoms with Gasteiger partial charge in [0.15, 0.2) is 0 Å². The van der Waals surface area contributed by atoms with Crippen LogP contribution in [0.4, 0.5) is 0 Å². The van der Waals surface area contributed by atoms with E-state index in [1.54, 1.807) is 18.7 Å². The molecule has 0 fully saturated rings. The third-order valence-corrected chi connectivity index (χ3v) is 2.54. The van der Waals surface area contributed by atoms with E-state index >= 15 is 0 Å². The summed E-state index contributed by atoms with van der Waals surface area (Å²) in [6.45, 7) is 2.61. The average Bonchev–Trinajstić information content (AvgIpc) is 2.77. The van der Waals surface area contributed by atoms with Crippen LogP contribution >= 0.6 is 0 Å². The molecule has 2 rings (SSSR count). The zero-order valence-corrected chi connectivity index (χ0v) is 8.67. The van der Waals surface area contributed by atoms with Crippen molar-refractivity contribution < 1.29 is 0 Å². The molecule has 0 aliphatic heterocycles. The summed E-state index contributed by atoms with van der Waals surface area (Å²) < 4.78 is 2.07. The van der Waals surface area contributed by atoms with Gasteiger partial charge in [0.2, 0.25) is 0 Å². The lowest BCUT2D eigenvalue weighted by Gasteiger charge is -2.15. The van der Waals surface area contributed by atoms with E-state index in [0.29, 0.717) is 6.54 Å². The van der Waals surface area contributed by atoms with Crippen molar-refractivity contribution in [3.8, 4) is 0 Å². The minimum Gasteiger partial charge on any atom is -0.326 e. The zero-order chi connectivity index (χ0) is 10.7. The van der Waals surface area contributed by atoms with Crippen LogP contribution in [0.25, 0.3) is 0 Å². The Morgan fingerprint density at radius 3 is 2.93 bits per heavy atom. The molecule has 0 radical (unpaired) electrons. The van der Waals surface area contributed by atoms with Gasteiger partial charge in [0.1, 0.15) is 0 Å². The Hall–Kier alpha value is -1.68. The van der Waals surface area contributed by atoms with Crippen molar-refractivity contribution in [1.82, 2.24) is 14.5 Å². The zero-order valence-electron chi connectivity index (χ0n) is 8.67. The first-order valence-corrected chi connectivity index (χ1v) is 4.93. The van der Waals surface area contributed by atoms with E-state index in [0.717, 1.165) is 11.3 Å². The number of nitrogens with two attached hydrogens (primary N) is 1. The fourth-order valence-electron chi connectivity index (χ4n) is 1.62. The van der Waals surface area contributed by atoms with Gasteiger partial charge in [-0.1, -0.05) is 6.07 Å². The average molecular weight is 202 g/mol. The number of aromatic nitrogens is 3. The number of nitrogens with zero attached hydrogens (tertiary/aromatic N) is 3. The molecule has 0 aliphatic carbocycles. The van der Waals surface area contributed by atoms with Gasteiger partial charge in [0, 0.05) is 25.1 Å². The van der Waals surface area contributed by atoms with Crippen LogP contribution in [0.3, 0.4) is 0 Å². The molecule has 0 saturated heterocycles. The van der Waals surface area contributed by atoms with Crippen LogP contribution in [-0.4, -0.2) is 14.5 Å². The van der Waals surface area contributed by atoms with E-state index in [1.807, 2.05) is 12.3 Å². The van der Waals surface area contributed by atoms with Gasteiger partial charge in [0.25, 0.3) is 0 Å². The van der Waals surface area contributed by atoms with Gasteiger partial charge >= 0.3 is 0 Å². The van der Waals surface area contributed by atoms with Crippen LogP contribution in [0, 0.1) is 0 Å². The molecular formula is C11H14N4. The lowest BCUT2D eigenvalue weighted by atomic mass is 10.1. The first-order valence-electron chi connectivity index (χ1n) is 4.93. The van der Waals surface area contributed by atoms with E-state index in [9.17, 15) is 0 Å². The Labute approximate surface area is 88.8 Å². The maximum absolute atomic E-state index is 5.63. The van der Waals surface area contributed by atoms with Gasteiger partial charge in [-0.15, -0.1) is 0 Å². The SMILES string of the molecule is CC(c1cccnc1)n1cncc1CN. The van der Waals surface area contributed by atoms with Crippen LogP contribution in [-0.2, 0) is 6.54 Å². The highest BCUT2D eigenvalue weighted by Gasteiger charge is 2.10. The fraction of sp³-hybridized carbons (Fsp3) is 0.273. The predicted molar refractivity (Wildman–Crippen MR) is 58.2 cm³/mol. The highest BCUT2D eigenvalue weighted by Crippen LogP contribution is 2.17. The van der Waals surface area contributed by atoms with Crippen LogP contribution < -0.4 is 5.73 Å². The van der Waals surface area contributed by atoms with Gasteiger partial charge in [0.05, 0.1) is 18.1 Å². The van der Waals surface area contributed by atoms with Gasteiger partial charge in [-0.3, -0.25) is 4.98 Å². The lowest BCUT2D eigenvalue weighted by Crippen LogP contribution is -2.11. The maximum Gasteiger partial charge on any atom is 0.0954 e. The summed E-state index contributed by atoms with van der Waals surface area (Å²) in [5, 5.41) is 0. The van der Waals surface area contributed by atoms with E-state index in [1.165, 1.54) is 0 Å². The molecular weight excluding hydrogens is 188 g/mol. The summed E-state index contributed by atoms with van der Waals surface area (Å²) in [5.74, 6) is 0. The number of imidazole rings is 1. The summed E-state index contributed by atoms with van der Waals surface area (Å²) in [4.78, 5) is 8.21. The molecule has 0 aromatic carbocycles. The summed E-state index contributed by atoms with van der Waals surface area (Å²) >= 11 is 0. The van der Waals surface area contributed by atoms with Gasteiger partial charge in [-0.05, 0) is 18.6 Å². The van der Waals surface area contributed by atoms with Crippen molar-refractivity contribution in [3.63, 3.8) is 0 Å². The van der Waals surface area contributed by atoms with Crippen LogP contribution in [0.15, 0.2) is 37.1 Å². The Morgan fingerprint density at radius 2 is 2.27 bits per heavy atom. The van der Waals surface area contributed by atoms with E-state index in [2.05, 4.69) is 27.5 Å². The van der Waals surface area contributed by atoms with Gasteiger partial charge in [-0.25, -0.2) is 4.98 Å². The molecule has 78 valence electrons. The molecule has 2 heterocycles. The van der Waals surface area contributed by atoms with Crippen molar-refractivity contribution in [2.24, 2.45) is 5.73 Å². The summed E-state index contributed by atoms with van der Waals surface area (Å²) in [6, 6.07) is 4.21. The Morgan fingerprint density at radius 1 is 1.40 bits per heavy atom. The Kier molecular flexibility index (Phi) is 2.78. The molecule has 4 heteroatoms. The number of hydrogen-bond acceptors (Lipinski definition) is 3. The molecule has 15 heavy (non-hydrogen) atoms. The van der Waals surface area contributed by atoms with Crippen molar-refractivity contribution in [3.05, 3.63) is 48.3 Å². The van der Waals surface area contributed by atoms with E-state index in [-0.39, 0.29) is 6.04 Å². The number of hydrogen-bond donors (Lipinski definition) is 1. The highest BCUT2D eigenvalue weighted by atomic mass is 15.1. The molecule has 0 saturated carbocycles. The van der Waals surface area contributed by atoms with Crippen LogP contribution in [0.1, 0.15) is 24.2 Å². The molecule has 1 unspecified atom stereocenters. The second kappa shape index (κ2) is 4.23. The topological polar surface area (TPSA) is 56.7 Å². The fourth-order valence-corrected chi connectivity index (χ4v) is 1.62. The van der Waals surface area contributed by atoms with Crippen molar-refractivity contribution >= 4 is 0 Å². The van der Waals surface area contributed by atoms with E-state index in [4.69, 9.17) is 5.73 Å². The number of pyridine rings is 1. The molecule has 0 spiro atoms. The first-order chi connectivity index (χ1) is 7.33. The normalized spacial score (nSPS) is 12.7. The van der Waals surface area contributed by atoms with Crippen LogP contribution in [0.2, 0.25) is 0 Å². The summed E-state index contributed by atoms with van der Waals surface area (Å²) in [6.07, 6.45) is 7.24. The first kappa shape index (κ1) is 9.86. The van der Waals surface area contributed by atoms with Gasteiger partial charge in [-0.2, -0.15) is 0 Å². The van der Waals surface area contributed by atoms with E-state index < -0.39 is 0 Å². The minimum absolute atomic E-state index is 0.222. The molecule has 2 aromatic heterocycles. The second-order valence-corrected chi connectivity index (χ2v) is 3.46. The third kappa shape index (κ3) is 1.89. The van der Waals surface area contributed by atoms with Gasteiger partial charge < -0.3 is 10.3 Å². The van der Waals surface area contributed by atoms with Crippen molar-refractivity contribution in [1.29, 1.82) is 0 Å². The smallest absolute Gasteiger partial charge is 0.0954 e.